The van der Waals surface area contributed by atoms with Crippen molar-refractivity contribution in [2.24, 2.45) is 0 Å². The molecule has 0 saturated heterocycles. The second kappa shape index (κ2) is 6.62. The number of benzene rings is 2. The van der Waals surface area contributed by atoms with E-state index in [1.54, 1.807) is 6.07 Å². The summed E-state index contributed by atoms with van der Waals surface area (Å²) in [5.74, 6) is -1.59. The maximum absolute atomic E-state index is 13.3. The van der Waals surface area contributed by atoms with Gasteiger partial charge in [0, 0.05) is 6.04 Å². The minimum Gasteiger partial charge on any atom is -0.313 e. The van der Waals surface area contributed by atoms with E-state index in [0.717, 1.165) is 12.0 Å². The SMILES string of the molecule is CCc1ccccc1C(Cc1ccc(F)c(F)c1)NC. The van der Waals surface area contributed by atoms with Crippen LogP contribution in [0.25, 0.3) is 0 Å². The molecule has 0 heterocycles. The van der Waals surface area contributed by atoms with Crippen molar-refractivity contribution in [1.82, 2.24) is 5.32 Å². The van der Waals surface area contributed by atoms with Crippen LogP contribution in [-0.4, -0.2) is 7.05 Å². The van der Waals surface area contributed by atoms with E-state index in [9.17, 15) is 8.78 Å². The Hall–Kier alpha value is -1.74. The summed E-state index contributed by atoms with van der Waals surface area (Å²) in [5, 5.41) is 3.26. The van der Waals surface area contributed by atoms with E-state index in [4.69, 9.17) is 0 Å². The lowest BCUT2D eigenvalue weighted by molar-refractivity contribution is 0.504. The number of hydrogen-bond donors (Lipinski definition) is 1. The van der Waals surface area contributed by atoms with Crippen molar-refractivity contribution in [3.8, 4) is 0 Å². The molecule has 0 saturated carbocycles. The third-order valence-corrected chi connectivity index (χ3v) is 3.58. The van der Waals surface area contributed by atoms with E-state index in [-0.39, 0.29) is 6.04 Å². The van der Waals surface area contributed by atoms with E-state index in [2.05, 4.69) is 24.4 Å². The van der Waals surface area contributed by atoms with Crippen LogP contribution in [0.1, 0.15) is 29.7 Å². The number of halogens is 2. The normalized spacial score (nSPS) is 12.4. The lowest BCUT2D eigenvalue weighted by atomic mass is 9.94. The van der Waals surface area contributed by atoms with E-state index in [1.165, 1.54) is 23.3 Å². The van der Waals surface area contributed by atoms with Gasteiger partial charge in [0.05, 0.1) is 0 Å². The highest BCUT2D eigenvalue weighted by molar-refractivity contribution is 5.32. The van der Waals surface area contributed by atoms with Crippen molar-refractivity contribution < 1.29 is 8.78 Å². The minimum absolute atomic E-state index is 0.0935. The quantitative estimate of drug-likeness (QED) is 0.868. The molecule has 0 bridgehead atoms. The molecule has 0 aliphatic heterocycles. The maximum atomic E-state index is 13.3. The topological polar surface area (TPSA) is 12.0 Å². The van der Waals surface area contributed by atoms with Crippen LogP contribution in [0.3, 0.4) is 0 Å². The fraction of sp³-hybridized carbons (Fsp3) is 0.294. The fourth-order valence-corrected chi connectivity index (χ4v) is 2.47. The Bertz CT molecular complexity index is 581. The molecule has 106 valence electrons. The largest absolute Gasteiger partial charge is 0.313 e. The van der Waals surface area contributed by atoms with Gasteiger partial charge in [-0.3, -0.25) is 0 Å². The van der Waals surface area contributed by atoms with Gasteiger partial charge in [0.1, 0.15) is 0 Å². The van der Waals surface area contributed by atoms with Gasteiger partial charge in [-0.1, -0.05) is 37.3 Å². The number of likely N-dealkylation sites (N-methyl/N-ethyl adjacent to an activating group) is 1. The smallest absolute Gasteiger partial charge is 0.159 e. The predicted octanol–water partition coefficient (Wildman–Crippen LogP) is 4.03. The van der Waals surface area contributed by atoms with Crippen LogP contribution in [0.5, 0.6) is 0 Å². The molecule has 20 heavy (non-hydrogen) atoms. The lowest BCUT2D eigenvalue weighted by Crippen LogP contribution is -2.20. The fourth-order valence-electron chi connectivity index (χ4n) is 2.47. The highest BCUT2D eigenvalue weighted by atomic mass is 19.2. The van der Waals surface area contributed by atoms with Crippen LogP contribution in [-0.2, 0) is 12.8 Å². The summed E-state index contributed by atoms with van der Waals surface area (Å²) >= 11 is 0. The average Bonchev–Trinajstić information content (AvgIpc) is 2.48. The van der Waals surface area contributed by atoms with Gasteiger partial charge in [0.15, 0.2) is 11.6 Å². The lowest BCUT2D eigenvalue weighted by Gasteiger charge is -2.20. The highest BCUT2D eigenvalue weighted by Crippen LogP contribution is 2.23. The second-order valence-corrected chi connectivity index (χ2v) is 4.85. The summed E-state index contributed by atoms with van der Waals surface area (Å²) in [6.45, 7) is 2.11. The Morgan fingerprint density at radius 3 is 2.45 bits per heavy atom. The van der Waals surface area contributed by atoms with Crippen LogP contribution >= 0.6 is 0 Å². The van der Waals surface area contributed by atoms with Crippen LogP contribution in [0.2, 0.25) is 0 Å². The monoisotopic (exact) mass is 275 g/mol. The summed E-state index contributed by atoms with van der Waals surface area (Å²) in [5.41, 5.74) is 3.27. The molecule has 0 radical (unpaired) electrons. The molecule has 0 aromatic heterocycles. The van der Waals surface area contributed by atoms with Crippen molar-refractivity contribution in [1.29, 1.82) is 0 Å². The van der Waals surface area contributed by atoms with Crippen LogP contribution < -0.4 is 5.32 Å². The van der Waals surface area contributed by atoms with Crippen molar-refractivity contribution in [3.05, 3.63) is 70.8 Å². The van der Waals surface area contributed by atoms with E-state index in [1.807, 2.05) is 19.2 Å². The number of hydrogen-bond acceptors (Lipinski definition) is 1. The van der Waals surface area contributed by atoms with Crippen molar-refractivity contribution >= 4 is 0 Å². The number of aryl methyl sites for hydroxylation is 1. The Labute approximate surface area is 118 Å². The molecule has 1 N–H and O–H groups in total. The molecule has 0 aliphatic rings. The molecule has 0 aliphatic carbocycles. The Morgan fingerprint density at radius 2 is 1.80 bits per heavy atom. The van der Waals surface area contributed by atoms with Gasteiger partial charge in [-0.15, -0.1) is 0 Å². The zero-order valence-electron chi connectivity index (χ0n) is 11.8. The summed E-state index contributed by atoms with van der Waals surface area (Å²) in [7, 11) is 1.89. The Kier molecular flexibility index (Phi) is 4.85. The molecule has 1 nitrogen and oxygen atoms in total. The van der Waals surface area contributed by atoms with Crippen LogP contribution in [0.15, 0.2) is 42.5 Å². The zero-order chi connectivity index (χ0) is 14.5. The van der Waals surface area contributed by atoms with Gasteiger partial charge in [-0.05, 0) is 48.7 Å². The van der Waals surface area contributed by atoms with Gasteiger partial charge in [0.2, 0.25) is 0 Å². The number of rotatable bonds is 5. The van der Waals surface area contributed by atoms with Crippen LogP contribution in [0.4, 0.5) is 8.78 Å². The minimum atomic E-state index is -0.802. The molecule has 1 unspecified atom stereocenters. The highest BCUT2D eigenvalue weighted by Gasteiger charge is 2.14. The molecular formula is C17H19F2N. The number of nitrogens with one attached hydrogen (secondary N) is 1. The first kappa shape index (κ1) is 14.7. The molecule has 2 rings (SSSR count). The predicted molar refractivity (Wildman–Crippen MR) is 77.7 cm³/mol. The molecule has 0 fully saturated rings. The van der Waals surface area contributed by atoms with Crippen LogP contribution in [0, 0.1) is 11.6 Å². The molecule has 0 spiro atoms. The standard InChI is InChI=1S/C17H19F2N/c1-3-13-6-4-5-7-14(13)17(20-2)11-12-8-9-15(18)16(19)10-12/h4-10,17,20H,3,11H2,1-2H3. The first-order chi connectivity index (χ1) is 9.65. The van der Waals surface area contributed by atoms with Gasteiger partial charge in [-0.2, -0.15) is 0 Å². The van der Waals surface area contributed by atoms with Crippen molar-refractivity contribution in [3.63, 3.8) is 0 Å². The summed E-state index contributed by atoms with van der Waals surface area (Å²) in [4.78, 5) is 0. The Morgan fingerprint density at radius 1 is 1.05 bits per heavy atom. The molecule has 0 amide bonds. The zero-order valence-corrected chi connectivity index (χ0v) is 11.8. The van der Waals surface area contributed by atoms with Gasteiger partial charge < -0.3 is 5.32 Å². The van der Waals surface area contributed by atoms with Gasteiger partial charge >= 0.3 is 0 Å². The third kappa shape index (κ3) is 3.23. The molecule has 3 heteroatoms. The van der Waals surface area contributed by atoms with Crippen molar-refractivity contribution in [2.75, 3.05) is 7.05 Å². The maximum Gasteiger partial charge on any atom is 0.159 e. The van der Waals surface area contributed by atoms with Gasteiger partial charge in [-0.25, -0.2) is 8.78 Å². The van der Waals surface area contributed by atoms with Crippen molar-refractivity contribution in [2.45, 2.75) is 25.8 Å². The summed E-state index contributed by atoms with van der Waals surface area (Å²) < 4.78 is 26.3. The van der Waals surface area contributed by atoms with Gasteiger partial charge in [0.25, 0.3) is 0 Å². The Balaban J connectivity index is 2.26. The summed E-state index contributed by atoms with van der Waals surface area (Å²) in [6.07, 6.45) is 1.58. The molecule has 2 aromatic rings. The van der Waals surface area contributed by atoms with E-state index >= 15 is 0 Å². The first-order valence-corrected chi connectivity index (χ1v) is 6.84. The molecule has 2 aromatic carbocycles. The van der Waals surface area contributed by atoms with E-state index < -0.39 is 11.6 Å². The van der Waals surface area contributed by atoms with E-state index in [0.29, 0.717) is 6.42 Å². The summed E-state index contributed by atoms with van der Waals surface area (Å²) in [6, 6.07) is 12.4. The molecular weight excluding hydrogens is 256 g/mol. The first-order valence-electron chi connectivity index (χ1n) is 6.84. The second-order valence-electron chi connectivity index (χ2n) is 4.85. The molecule has 1 atom stereocenters. The average molecular weight is 275 g/mol. The third-order valence-electron chi connectivity index (χ3n) is 3.58.